The van der Waals surface area contributed by atoms with Crippen LogP contribution < -0.4 is 10.0 Å². The average Bonchev–Trinajstić information content (AvgIpc) is 2.81. The normalized spacial score (nSPS) is 12.1. The van der Waals surface area contributed by atoms with Crippen LogP contribution in [-0.2, 0) is 31.1 Å². The summed E-state index contributed by atoms with van der Waals surface area (Å²) in [5, 5.41) is 2.23. The zero-order valence-corrected chi connectivity index (χ0v) is 22.0. The second-order valence-electron chi connectivity index (χ2n) is 9.58. The highest BCUT2D eigenvalue weighted by Crippen LogP contribution is 2.31. The zero-order chi connectivity index (χ0) is 28.3. The summed E-state index contributed by atoms with van der Waals surface area (Å²) in [7, 11) is -4.10. The molecule has 2 N–H and O–H groups in total. The molecule has 0 saturated carbocycles. The van der Waals surface area contributed by atoms with Gasteiger partial charge in [-0.05, 0) is 59.9 Å². The quantitative estimate of drug-likeness (QED) is 0.358. The summed E-state index contributed by atoms with van der Waals surface area (Å²) in [5.74, 6) is -1.87. The van der Waals surface area contributed by atoms with E-state index >= 15 is 0 Å². The van der Waals surface area contributed by atoms with E-state index in [0.29, 0.717) is 5.56 Å². The second kappa shape index (κ2) is 10.9. The monoisotopic (exact) mass is 548 g/mol. The minimum atomic E-state index is -4.59. The Morgan fingerprint density at radius 1 is 0.895 bits per heavy atom. The molecule has 0 aliphatic rings. The smallest absolute Gasteiger partial charge is 0.416 e. The lowest BCUT2D eigenvalue weighted by Crippen LogP contribution is -2.22. The first-order chi connectivity index (χ1) is 17.6. The number of alkyl halides is 3. The van der Waals surface area contributed by atoms with Crippen molar-refractivity contribution < 1.29 is 35.9 Å². The SMILES string of the molecule is Cc1ccc(C(C)(C)C)cc1S(=O)(=O)Nc1ccccc1C(=O)OCC(=O)Nc1cccc(C(F)(F)F)c1. The number of halogens is 3. The van der Waals surface area contributed by atoms with Crippen molar-refractivity contribution >= 4 is 33.3 Å². The number of carbonyl (C=O) groups excluding carboxylic acids is 2. The molecule has 0 aromatic heterocycles. The van der Waals surface area contributed by atoms with Crippen molar-refractivity contribution in [2.75, 3.05) is 16.6 Å². The molecular weight excluding hydrogens is 521 g/mol. The molecule has 0 spiro atoms. The molecule has 11 heteroatoms. The van der Waals surface area contributed by atoms with Gasteiger partial charge in [0.15, 0.2) is 6.61 Å². The summed E-state index contributed by atoms with van der Waals surface area (Å²) in [6, 6.07) is 14.8. The Bertz CT molecular complexity index is 1460. The fourth-order valence-electron chi connectivity index (χ4n) is 3.49. The maximum Gasteiger partial charge on any atom is 0.416 e. The predicted octanol–water partition coefficient (Wildman–Crippen LogP) is 5.91. The predicted molar refractivity (Wildman–Crippen MR) is 137 cm³/mol. The van der Waals surface area contributed by atoms with Gasteiger partial charge in [-0.25, -0.2) is 13.2 Å². The number of benzene rings is 3. The molecule has 1 amide bonds. The number of hydrogen-bond donors (Lipinski definition) is 2. The molecule has 0 bridgehead atoms. The van der Waals surface area contributed by atoms with Gasteiger partial charge in [0.25, 0.3) is 15.9 Å². The molecule has 0 unspecified atom stereocenters. The molecule has 0 radical (unpaired) electrons. The van der Waals surface area contributed by atoms with Crippen LogP contribution in [0.15, 0.2) is 71.6 Å². The number of rotatable bonds is 7. The minimum Gasteiger partial charge on any atom is -0.452 e. The number of aryl methyl sites for hydroxylation is 1. The number of nitrogens with one attached hydrogen (secondary N) is 2. The van der Waals surface area contributed by atoms with Gasteiger partial charge < -0.3 is 10.1 Å². The fraction of sp³-hybridized carbons (Fsp3) is 0.259. The summed E-state index contributed by atoms with van der Waals surface area (Å²) >= 11 is 0. The Balaban J connectivity index is 1.74. The number of hydrogen-bond acceptors (Lipinski definition) is 5. The van der Waals surface area contributed by atoms with Crippen LogP contribution in [0.25, 0.3) is 0 Å². The molecule has 0 aliphatic heterocycles. The number of para-hydroxylation sites is 1. The number of sulfonamides is 1. The molecule has 3 aromatic carbocycles. The first-order valence-electron chi connectivity index (χ1n) is 11.4. The first kappa shape index (κ1) is 28.7. The molecule has 0 atom stereocenters. The van der Waals surface area contributed by atoms with Crippen molar-refractivity contribution in [3.63, 3.8) is 0 Å². The molecule has 0 fully saturated rings. The Hall–Kier alpha value is -3.86. The van der Waals surface area contributed by atoms with Crippen LogP contribution in [0.4, 0.5) is 24.5 Å². The highest BCUT2D eigenvalue weighted by molar-refractivity contribution is 7.92. The number of ether oxygens (including phenoxy) is 1. The molecule has 0 aliphatic carbocycles. The van der Waals surface area contributed by atoms with Crippen LogP contribution in [0.2, 0.25) is 0 Å². The van der Waals surface area contributed by atoms with Gasteiger partial charge in [-0.2, -0.15) is 13.2 Å². The van der Waals surface area contributed by atoms with Crippen molar-refractivity contribution in [3.05, 3.63) is 89.0 Å². The summed E-state index contributed by atoms with van der Waals surface area (Å²) < 4.78 is 72.5. The third-order valence-electron chi connectivity index (χ3n) is 5.54. The van der Waals surface area contributed by atoms with Gasteiger partial charge in [0.2, 0.25) is 0 Å². The van der Waals surface area contributed by atoms with Crippen LogP contribution in [0, 0.1) is 6.92 Å². The van der Waals surface area contributed by atoms with Crippen molar-refractivity contribution in [3.8, 4) is 0 Å². The van der Waals surface area contributed by atoms with E-state index in [1.165, 1.54) is 30.3 Å². The van der Waals surface area contributed by atoms with Crippen molar-refractivity contribution in [1.29, 1.82) is 0 Å². The zero-order valence-electron chi connectivity index (χ0n) is 21.1. The van der Waals surface area contributed by atoms with E-state index in [2.05, 4.69) is 10.0 Å². The van der Waals surface area contributed by atoms with Gasteiger partial charge in [0, 0.05) is 5.69 Å². The standard InChI is InChI=1S/C27H27F3N2O5S/c1-17-12-13-18(26(2,3)4)15-23(17)38(35,36)32-22-11-6-5-10-21(22)25(34)37-16-24(33)31-20-9-7-8-19(14-20)27(28,29)30/h5-15,32H,16H2,1-4H3,(H,31,33). The molecule has 202 valence electrons. The summed E-state index contributed by atoms with van der Waals surface area (Å²) in [6.45, 7) is 6.72. The van der Waals surface area contributed by atoms with Gasteiger partial charge >= 0.3 is 12.1 Å². The van der Waals surface area contributed by atoms with Crippen molar-refractivity contribution in [1.82, 2.24) is 0 Å². The minimum absolute atomic E-state index is 0.0496. The number of amides is 1. The molecule has 7 nitrogen and oxygen atoms in total. The maximum absolute atomic E-state index is 13.2. The van der Waals surface area contributed by atoms with E-state index in [4.69, 9.17) is 4.74 Å². The van der Waals surface area contributed by atoms with Crippen LogP contribution >= 0.6 is 0 Å². The van der Waals surface area contributed by atoms with Crippen LogP contribution in [0.5, 0.6) is 0 Å². The summed E-state index contributed by atoms with van der Waals surface area (Å²) in [4.78, 5) is 24.9. The molecule has 3 rings (SSSR count). The van der Waals surface area contributed by atoms with Gasteiger partial charge in [-0.3, -0.25) is 9.52 Å². The Kier molecular flexibility index (Phi) is 8.21. The fourth-order valence-corrected chi connectivity index (χ4v) is 4.84. The Morgan fingerprint density at radius 3 is 2.24 bits per heavy atom. The Morgan fingerprint density at radius 2 is 1.58 bits per heavy atom. The highest BCUT2D eigenvalue weighted by atomic mass is 32.2. The first-order valence-corrected chi connectivity index (χ1v) is 12.9. The molecule has 38 heavy (non-hydrogen) atoms. The average molecular weight is 549 g/mol. The van der Waals surface area contributed by atoms with Gasteiger partial charge in [-0.15, -0.1) is 0 Å². The van der Waals surface area contributed by atoms with Crippen molar-refractivity contribution in [2.24, 2.45) is 0 Å². The Labute approximate surface area is 219 Å². The highest BCUT2D eigenvalue weighted by Gasteiger charge is 2.30. The lowest BCUT2D eigenvalue weighted by molar-refractivity contribution is -0.137. The van der Waals surface area contributed by atoms with E-state index in [9.17, 15) is 31.2 Å². The number of esters is 1. The van der Waals surface area contributed by atoms with E-state index in [1.54, 1.807) is 19.1 Å². The molecular formula is C27H27F3N2O5S. The van der Waals surface area contributed by atoms with Gasteiger partial charge in [0.05, 0.1) is 21.7 Å². The number of anilines is 2. The molecule has 0 saturated heterocycles. The largest absolute Gasteiger partial charge is 0.452 e. The van der Waals surface area contributed by atoms with E-state index in [1.807, 2.05) is 26.8 Å². The maximum atomic E-state index is 13.2. The van der Waals surface area contributed by atoms with E-state index < -0.39 is 40.2 Å². The second-order valence-corrected chi connectivity index (χ2v) is 11.2. The lowest BCUT2D eigenvalue weighted by Gasteiger charge is -2.21. The van der Waals surface area contributed by atoms with E-state index in [-0.39, 0.29) is 27.2 Å². The summed E-state index contributed by atoms with van der Waals surface area (Å²) in [6.07, 6.45) is -4.59. The lowest BCUT2D eigenvalue weighted by atomic mass is 9.87. The van der Waals surface area contributed by atoms with Gasteiger partial charge in [0.1, 0.15) is 0 Å². The topological polar surface area (TPSA) is 102 Å². The van der Waals surface area contributed by atoms with E-state index in [0.717, 1.165) is 23.8 Å². The third kappa shape index (κ3) is 7.12. The van der Waals surface area contributed by atoms with Gasteiger partial charge in [-0.1, -0.05) is 51.1 Å². The molecule has 3 aromatic rings. The summed E-state index contributed by atoms with van der Waals surface area (Å²) in [5.41, 5.74) is -0.253. The van der Waals surface area contributed by atoms with Crippen molar-refractivity contribution in [2.45, 2.75) is 44.2 Å². The van der Waals surface area contributed by atoms with Crippen LogP contribution in [0.1, 0.15) is 47.8 Å². The van der Waals surface area contributed by atoms with Crippen LogP contribution in [0.3, 0.4) is 0 Å². The third-order valence-corrected chi connectivity index (χ3v) is 7.05. The number of carbonyl (C=O) groups is 2. The van der Waals surface area contributed by atoms with Crippen LogP contribution in [-0.4, -0.2) is 26.9 Å². The molecule has 0 heterocycles.